The Labute approximate surface area is 168 Å². The summed E-state index contributed by atoms with van der Waals surface area (Å²) < 4.78 is 10.7. The summed E-state index contributed by atoms with van der Waals surface area (Å²) in [6.45, 7) is 0.195. The second kappa shape index (κ2) is 8.39. The molecule has 6 nitrogen and oxygen atoms in total. The van der Waals surface area contributed by atoms with Gasteiger partial charge < -0.3 is 13.8 Å². The molecule has 2 aromatic carbocycles. The number of rotatable bonds is 6. The first kappa shape index (κ1) is 18.4. The topological polar surface area (TPSA) is 72.4 Å². The molecule has 4 aromatic rings. The van der Waals surface area contributed by atoms with E-state index in [9.17, 15) is 4.79 Å². The van der Waals surface area contributed by atoms with Crippen LogP contribution in [0.1, 0.15) is 17.2 Å². The predicted octanol–water partition coefficient (Wildman–Crippen LogP) is 4.53. The maximum absolute atomic E-state index is 13.2. The number of furan rings is 1. The van der Waals surface area contributed by atoms with Crippen LogP contribution in [0.15, 0.2) is 88.0 Å². The third-order valence-electron chi connectivity index (χ3n) is 4.36. The van der Waals surface area contributed by atoms with Crippen LogP contribution >= 0.6 is 0 Å². The lowest BCUT2D eigenvalue weighted by atomic mass is 10.0. The van der Waals surface area contributed by atoms with Crippen molar-refractivity contribution in [2.45, 2.75) is 6.54 Å². The number of amides is 1. The number of carbonyl (C=O) groups excluding carboxylic acids is 1. The fourth-order valence-electron chi connectivity index (χ4n) is 2.91. The lowest BCUT2D eigenvalue weighted by molar-refractivity contribution is -0.124. The Balaban J connectivity index is 1.56. The van der Waals surface area contributed by atoms with Gasteiger partial charge in [0.15, 0.2) is 0 Å². The number of benzene rings is 2. The van der Waals surface area contributed by atoms with Crippen LogP contribution in [0.3, 0.4) is 0 Å². The molecule has 0 aliphatic rings. The molecule has 144 valence electrons. The molecule has 0 spiro atoms. The zero-order valence-corrected chi connectivity index (χ0v) is 15.9. The first-order valence-corrected chi connectivity index (χ1v) is 9.15. The normalized spacial score (nSPS) is 11.4. The molecule has 0 bridgehead atoms. The Morgan fingerprint density at radius 2 is 1.72 bits per heavy atom. The van der Waals surface area contributed by atoms with E-state index in [-0.39, 0.29) is 12.5 Å². The highest BCUT2D eigenvalue weighted by Gasteiger charge is 2.20. The van der Waals surface area contributed by atoms with Gasteiger partial charge in [0.2, 0.25) is 11.7 Å². The quantitative estimate of drug-likeness (QED) is 0.456. The summed E-state index contributed by atoms with van der Waals surface area (Å²) in [6.07, 6.45) is 3.31. The van der Waals surface area contributed by atoms with Crippen LogP contribution in [0.4, 0.5) is 0 Å². The Kier molecular flexibility index (Phi) is 5.33. The first-order valence-electron chi connectivity index (χ1n) is 9.15. The minimum Gasteiger partial charge on any atom is -0.465 e. The molecular weight excluding hydrogens is 366 g/mol. The fraction of sp³-hybridized carbons (Fsp3) is 0.0870. The average molecular weight is 385 g/mol. The van der Waals surface area contributed by atoms with Gasteiger partial charge in [-0.3, -0.25) is 4.79 Å². The van der Waals surface area contributed by atoms with Crippen molar-refractivity contribution in [3.63, 3.8) is 0 Å². The molecule has 0 atom stereocenters. The van der Waals surface area contributed by atoms with Crippen LogP contribution in [0.5, 0.6) is 0 Å². The molecule has 6 heteroatoms. The van der Waals surface area contributed by atoms with E-state index in [2.05, 4.69) is 10.1 Å². The number of aromatic nitrogens is 2. The van der Waals surface area contributed by atoms with E-state index in [0.29, 0.717) is 23.0 Å². The van der Waals surface area contributed by atoms with E-state index in [0.717, 1.165) is 11.1 Å². The molecule has 0 saturated heterocycles. The number of hydrogen-bond donors (Lipinski definition) is 0. The van der Waals surface area contributed by atoms with E-state index >= 15 is 0 Å². The summed E-state index contributed by atoms with van der Waals surface area (Å²) in [5.74, 6) is 1.29. The lowest BCUT2D eigenvalue weighted by Gasteiger charge is -2.17. The summed E-state index contributed by atoms with van der Waals surface area (Å²) >= 11 is 0. The summed E-state index contributed by atoms with van der Waals surface area (Å²) in [7, 11) is 1.70. The van der Waals surface area contributed by atoms with Gasteiger partial charge in [0.1, 0.15) is 5.76 Å². The highest BCUT2D eigenvalue weighted by Crippen LogP contribution is 2.22. The van der Waals surface area contributed by atoms with Gasteiger partial charge in [0.05, 0.1) is 18.4 Å². The molecule has 0 radical (unpaired) electrons. The van der Waals surface area contributed by atoms with E-state index in [1.54, 1.807) is 36.4 Å². The Bertz CT molecular complexity index is 1100. The Morgan fingerprint density at radius 3 is 2.41 bits per heavy atom. The summed E-state index contributed by atoms with van der Waals surface area (Å²) in [6, 6.07) is 22.6. The summed E-state index contributed by atoms with van der Waals surface area (Å²) in [5, 5.41) is 4.01. The molecule has 29 heavy (non-hydrogen) atoms. The van der Waals surface area contributed by atoms with Crippen LogP contribution < -0.4 is 0 Å². The van der Waals surface area contributed by atoms with E-state index in [4.69, 9.17) is 8.94 Å². The van der Waals surface area contributed by atoms with Gasteiger partial charge >= 0.3 is 0 Å². The highest BCUT2D eigenvalue weighted by atomic mass is 16.5. The first-order chi connectivity index (χ1) is 14.2. The molecule has 0 aliphatic carbocycles. The van der Waals surface area contributed by atoms with Crippen LogP contribution in [-0.4, -0.2) is 28.0 Å². The van der Waals surface area contributed by atoms with Gasteiger partial charge in [-0.2, -0.15) is 4.98 Å². The van der Waals surface area contributed by atoms with Crippen molar-refractivity contribution < 1.29 is 13.7 Å². The van der Waals surface area contributed by atoms with Crippen molar-refractivity contribution in [2.75, 3.05) is 7.05 Å². The average Bonchev–Trinajstić information content (AvgIpc) is 3.45. The second-order valence-electron chi connectivity index (χ2n) is 6.48. The predicted molar refractivity (Wildman–Crippen MR) is 109 cm³/mol. The third-order valence-corrected chi connectivity index (χ3v) is 4.36. The maximum atomic E-state index is 13.2. The number of likely N-dealkylation sites (N-methyl/N-ethyl adjacent to an activating group) is 1. The van der Waals surface area contributed by atoms with Crippen molar-refractivity contribution in [1.82, 2.24) is 15.0 Å². The standard InChI is InChI=1S/C23H19N3O3/c1-26(16-21-24-22(25-29-21)18-11-6-3-7-12-18)23(27)20(15-19-13-8-14-28-19)17-9-4-2-5-10-17/h2-15H,16H2,1H3/b20-15+. The smallest absolute Gasteiger partial charge is 0.254 e. The monoisotopic (exact) mass is 385 g/mol. The van der Waals surface area contributed by atoms with Crippen LogP contribution in [0.25, 0.3) is 23.0 Å². The van der Waals surface area contributed by atoms with Crippen molar-refractivity contribution >= 4 is 17.6 Å². The molecule has 0 saturated carbocycles. The van der Waals surface area contributed by atoms with Gasteiger partial charge in [-0.25, -0.2) is 0 Å². The molecule has 1 amide bonds. The van der Waals surface area contributed by atoms with Gasteiger partial charge in [0.25, 0.3) is 5.91 Å². The molecule has 2 heterocycles. The van der Waals surface area contributed by atoms with E-state index in [1.807, 2.05) is 60.7 Å². The zero-order chi connectivity index (χ0) is 20.1. The lowest BCUT2D eigenvalue weighted by Crippen LogP contribution is -2.27. The highest BCUT2D eigenvalue weighted by molar-refractivity contribution is 6.23. The largest absolute Gasteiger partial charge is 0.465 e. The minimum absolute atomic E-state index is 0.174. The number of nitrogens with zero attached hydrogens (tertiary/aromatic N) is 3. The summed E-state index contributed by atoms with van der Waals surface area (Å²) in [5.41, 5.74) is 2.18. The Morgan fingerprint density at radius 1 is 1.00 bits per heavy atom. The van der Waals surface area contributed by atoms with Crippen molar-refractivity contribution in [1.29, 1.82) is 0 Å². The molecule has 2 aromatic heterocycles. The van der Waals surface area contributed by atoms with E-state index < -0.39 is 0 Å². The fourth-order valence-corrected chi connectivity index (χ4v) is 2.91. The van der Waals surface area contributed by atoms with Crippen LogP contribution in [0, 0.1) is 0 Å². The molecular formula is C23H19N3O3. The van der Waals surface area contributed by atoms with Gasteiger partial charge in [-0.05, 0) is 23.8 Å². The van der Waals surface area contributed by atoms with Crippen LogP contribution in [0.2, 0.25) is 0 Å². The van der Waals surface area contributed by atoms with Crippen molar-refractivity contribution in [3.8, 4) is 11.4 Å². The van der Waals surface area contributed by atoms with Crippen molar-refractivity contribution in [3.05, 3.63) is 96.3 Å². The van der Waals surface area contributed by atoms with Gasteiger partial charge in [-0.15, -0.1) is 0 Å². The minimum atomic E-state index is -0.174. The maximum Gasteiger partial charge on any atom is 0.254 e. The van der Waals surface area contributed by atoms with Gasteiger partial charge in [0, 0.05) is 12.6 Å². The number of carbonyl (C=O) groups is 1. The molecule has 0 aliphatic heterocycles. The summed E-state index contributed by atoms with van der Waals surface area (Å²) in [4.78, 5) is 19.1. The molecule has 4 rings (SSSR count). The third kappa shape index (κ3) is 4.32. The zero-order valence-electron chi connectivity index (χ0n) is 15.9. The second-order valence-corrected chi connectivity index (χ2v) is 6.48. The molecule has 0 unspecified atom stereocenters. The van der Waals surface area contributed by atoms with Crippen molar-refractivity contribution in [2.24, 2.45) is 0 Å². The molecule has 0 N–H and O–H groups in total. The SMILES string of the molecule is CN(Cc1nc(-c2ccccc2)no1)C(=O)/C(=C/c1ccco1)c1ccccc1. The number of hydrogen-bond acceptors (Lipinski definition) is 5. The van der Waals surface area contributed by atoms with E-state index in [1.165, 1.54) is 0 Å². The molecule has 0 fully saturated rings. The van der Waals surface area contributed by atoms with Crippen LogP contribution in [-0.2, 0) is 11.3 Å². The Hall–Kier alpha value is -3.93. The van der Waals surface area contributed by atoms with Gasteiger partial charge in [-0.1, -0.05) is 65.8 Å².